The van der Waals surface area contributed by atoms with Gasteiger partial charge in [0.25, 0.3) is 5.56 Å². The largest absolute Gasteiger partial charge is 0.454 e. The first-order valence-electron chi connectivity index (χ1n) is 6.25. The molecule has 2 heterocycles. The number of alkyl halides is 3. The van der Waals surface area contributed by atoms with Gasteiger partial charge in [0, 0.05) is 6.07 Å². The molecule has 0 saturated heterocycles. The predicted molar refractivity (Wildman–Crippen MR) is 73.5 cm³/mol. The molecule has 1 aliphatic rings. The number of halogens is 3. The Balaban J connectivity index is 1.92. The quantitative estimate of drug-likeness (QED) is 0.844. The molecule has 0 unspecified atom stereocenters. The van der Waals surface area contributed by atoms with E-state index in [1.54, 1.807) is 18.2 Å². The SMILES string of the molecule is Nc1nc(C(F)(F)F)cc(=O)n1N=Cc1ccc2c(c1)OCO2. The second kappa shape index (κ2) is 5.30. The van der Waals surface area contributed by atoms with Gasteiger partial charge in [-0.15, -0.1) is 0 Å². The monoisotopic (exact) mass is 326 g/mol. The van der Waals surface area contributed by atoms with Crippen LogP contribution in [0.2, 0.25) is 0 Å². The number of rotatable bonds is 2. The molecule has 0 amide bonds. The van der Waals surface area contributed by atoms with Crippen LogP contribution in [0, 0.1) is 0 Å². The van der Waals surface area contributed by atoms with Gasteiger partial charge in [-0.05, 0) is 23.8 Å². The van der Waals surface area contributed by atoms with Crippen LogP contribution in [0.4, 0.5) is 19.1 Å². The van der Waals surface area contributed by atoms with Crippen LogP contribution in [0.5, 0.6) is 11.5 Å². The lowest BCUT2D eigenvalue weighted by Gasteiger charge is -2.08. The highest BCUT2D eigenvalue weighted by Gasteiger charge is 2.33. The van der Waals surface area contributed by atoms with Crippen molar-refractivity contribution in [2.24, 2.45) is 5.10 Å². The molecule has 0 radical (unpaired) electrons. The predicted octanol–water partition coefficient (Wildman–Crippen LogP) is 1.46. The molecule has 1 aliphatic heterocycles. The number of anilines is 1. The lowest BCUT2D eigenvalue weighted by molar-refractivity contribution is -0.141. The number of hydrogen-bond acceptors (Lipinski definition) is 6. The van der Waals surface area contributed by atoms with Gasteiger partial charge in [-0.3, -0.25) is 4.79 Å². The van der Waals surface area contributed by atoms with Crippen molar-refractivity contribution in [3.8, 4) is 11.5 Å². The van der Waals surface area contributed by atoms with Crippen LogP contribution in [0.1, 0.15) is 11.3 Å². The highest BCUT2D eigenvalue weighted by atomic mass is 19.4. The van der Waals surface area contributed by atoms with Crippen molar-refractivity contribution < 1.29 is 22.6 Å². The van der Waals surface area contributed by atoms with Crippen molar-refractivity contribution in [3.05, 3.63) is 45.9 Å². The molecular formula is C13H9F3N4O3. The van der Waals surface area contributed by atoms with E-state index in [9.17, 15) is 18.0 Å². The summed E-state index contributed by atoms with van der Waals surface area (Å²) < 4.78 is 48.5. The van der Waals surface area contributed by atoms with Crippen LogP contribution in [-0.4, -0.2) is 22.7 Å². The molecule has 2 aromatic rings. The minimum atomic E-state index is -4.76. The minimum Gasteiger partial charge on any atom is -0.454 e. The van der Waals surface area contributed by atoms with E-state index >= 15 is 0 Å². The standard InChI is InChI=1S/C13H9F3N4O3/c14-13(15,16)10-4-11(21)20(12(17)19-10)18-5-7-1-2-8-9(3-7)23-6-22-8/h1-5H,6H2,(H2,17,19). The number of benzene rings is 1. The molecule has 0 aliphatic carbocycles. The summed E-state index contributed by atoms with van der Waals surface area (Å²) in [4.78, 5) is 14.8. The Morgan fingerprint density at radius 2 is 2.00 bits per heavy atom. The summed E-state index contributed by atoms with van der Waals surface area (Å²) in [7, 11) is 0. The van der Waals surface area contributed by atoms with Crippen LogP contribution in [0.3, 0.4) is 0 Å². The maximum absolute atomic E-state index is 12.5. The van der Waals surface area contributed by atoms with Crippen LogP contribution in [0.15, 0.2) is 34.2 Å². The average Bonchev–Trinajstić information content (AvgIpc) is 2.92. The van der Waals surface area contributed by atoms with Crippen LogP contribution < -0.4 is 20.8 Å². The van der Waals surface area contributed by atoms with Gasteiger partial charge < -0.3 is 15.2 Å². The Labute approximate surface area is 126 Å². The molecule has 2 N–H and O–H groups in total. The molecule has 0 bridgehead atoms. The first-order chi connectivity index (χ1) is 10.8. The normalized spacial score (nSPS) is 13.7. The second-order valence-electron chi connectivity index (χ2n) is 4.50. The molecule has 23 heavy (non-hydrogen) atoms. The summed E-state index contributed by atoms with van der Waals surface area (Å²) in [5.41, 5.74) is 3.50. The van der Waals surface area contributed by atoms with Gasteiger partial charge in [0.2, 0.25) is 12.7 Å². The molecule has 120 valence electrons. The van der Waals surface area contributed by atoms with Crippen molar-refractivity contribution in [1.82, 2.24) is 9.66 Å². The third-order valence-electron chi connectivity index (χ3n) is 2.93. The third kappa shape index (κ3) is 2.96. The molecule has 10 heteroatoms. The molecule has 0 spiro atoms. The van der Waals surface area contributed by atoms with E-state index in [0.29, 0.717) is 27.8 Å². The number of nitrogen functional groups attached to an aromatic ring is 1. The zero-order valence-electron chi connectivity index (χ0n) is 11.4. The number of ether oxygens (including phenoxy) is 2. The maximum atomic E-state index is 12.5. The molecule has 3 rings (SSSR count). The average molecular weight is 326 g/mol. The molecular weight excluding hydrogens is 317 g/mol. The highest BCUT2D eigenvalue weighted by Crippen LogP contribution is 2.32. The van der Waals surface area contributed by atoms with Crippen LogP contribution >= 0.6 is 0 Å². The Bertz CT molecular complexity index is 845. The minimum absolute atomic E-state index is 0.102. The summed E-state index contributed by atoms with van der Waals surface area (Å²) in [6, 6.07) is 5.20. The van der Waals surface area contributed by atoms with Crippen molar-refractivity contribution in [3.63, 3.8) is 0 Å². The Hall–Kier alpha value is -3.04. The second-order valence-corrected chi connectivity index (χ2v) is 4.50. The molecule has 0 fully saturated rings. The van der Waals surface area contributed by atoms with Gasteiger partial charge in [0.15, 0.2) is 17.2 Å². The van der Waals surface area contributed by atoms with E-state index in [2.05, 4.69) is 10.1 Å². The first-order valence-corrected chi connectivity index (χ1v) is 6.25. The van der Waals surface area contributed by atoms with Gasteiger partial charge in [-0.25, -0.2) is 4.98 Å². The number of hydrogen-bond donors (Lipinski definition) is 1. The van der Waals surface area contributed by atoms with E-state index in [-0.39, 0.29) is 6.79 Å². The van der Waals surface area contributed by atoms with Crippen molar-refractivity contribution in [2.75, 3.05) is 12.5 Å². The van der Waals surface area contributed by atoms with E-state index in [1.807, 2.05) is 0 Å². The van der Waals surface area contributed by atoms with Crippen LogP contribution in [-0.2, 0) is 6.18 Å². The molecule has 1 aromatic heterocycles. The lowest BCUT2D eigenvalue weighted by atomic mass is 10.2. The van der Waals surface area contributed by atoms with Gasteiger partial charge in [0.05, 0.1) is 6.21 Å². The zero-order chi connectivity index (χ0) is 16.6. The van der Waals surface area contributed by atoms with Crippen molar-refractivity contribution >= 4 is 12.2 Å². The molecule has 0 saturated carbocycles. The number of aromatic nitrogens is 2. The summed E-state index contributed by atoms with van der Waals surface area (Å²) in [5, 5.41) is 3.75. The molecule has 0 atom stereocenters. The van der Waals surface area contributed by atoms with Crippen molar-refractivity contribution in [2.45, 2.75) is 6.18 Å². The summed E-state index contributed by atoms with van der Waals surface area (Å²) >= 11 is 0. The smallest absolute Gasteiger partial charge is 0.433 e. The Morgan fingerprint density at radius 3 is 2.70 bits per heavy atom. The summed E-state index contributed by atoms with van der Waals surface area (Å²) in [5.74, 6) is 0.400. The number of nitrogens with zero attached hydrogens (tertiary/aromatic N) is 3. The van der Waals surface area contributed by atoms with Gasteiger partial charge in [0.1, 0.15) is 0 Å². The first kappa shape index (κ1) is 14.9. The Morgan fingerprint density at radius 1 is 1.26 bits per heavy atom. The third-order valence-corrected chi connectivity index (χ3v) is 2.93. The summed E-state index contributed by atoms with van der Waals surface area (Å²) in [6.45, 7) is 0.102. The fraction of sp³-hybridized carbons (Fsp3) is 0.154. The van der Waals surface area contributed by atoms with Crippen LogP contribution in [0.25, 0.3) is 0 Å². The maximum Gasteiger partial charge on any atom is 0.433 e. The number of fused-ring (bicyclic) bond motifs is 1. The zero-order valence-corrected chi connectivity index (χ0v) is 11.4. The number of nitrogens with two attached hydrogens (primary N) is 1. The molecule has 7 nitrogen and oxygen atoms in total. The van der Waals surface area contributed by atoms with E-state index < -0.39 is 23.4 Å². The van der Waals surface area contributed by atoms with E-state index in [4.69, 9.17) is 15.2 Å². The molecule has 1 aromatic carbocycles. The van der Waals surface area contributed by atoms with E-state index in [0.717, 1.165) is 0 Å². The fourth-order valence-corrected chi connectivity index (χ4v) is 1.87. The van der Waals surface area contributed by atoms with Gasteiger partial charge in [-0.2, -0.15) is 22.9 Å². The van der Waals surface area contributed by atoms with Gasteiger partial charge >= 0.3 is 6.18 Å². The topological polar surface area (TPSA) is 91.7 Å². The van der Waals surface area contributed by atoms with E-state index in [1.165, 1.54) is 6.21 Å². The highest BCUT2D eigenvalue weighted by molar-refractivity contribution is 5.81. The summed E-state index contributed by atoms with van der Waals surface area (Å²) in [6.07, 6.45) is -3.51. The Kier molecular flexibility index (Phi) is 3.43. The fourth-order valence-electron chi connectivity index (χ4n) is 1.87. The van der Waals surface area contributed by atoms with Gasteiger partial charge in [-0.1, -0.05) is 0 Å². The lowest BCUT2D eigenvalue weighted by Crippen LogP contribution is -2.24. The van der Waals surface area contributed by atoms with Crippen molar-refractivity contribution in [1.29, 1.82) is 0 Å².